The van der Waals surface area contributed by atoms with Crippen molar-refractivity contribution in [1.82, 2.24) is 9.55 Å². The molecular formula is C18H16N4O3. The fourth-order valence-corrected chi connectivity index (χ4v) is 3.05. The van der Waals surface area contributed by atoms with Crippen LogP contribution < -0.4 is 15.4 Å². The number of hydrogen-bond donors (Lipinski definition) is 1. The van der Waals surface area contributed by atoms with Crippen molar-refractivity contribution in [2.75, 3.05) is 11.4 Å². The van der Waals surface area contributed by atoms with Gasteiger partial charge in [0.05, 0.1) is 5.52 Å². The van der Waals surface area contributed by atoms with Gasteiger partial charge in [-0.3, -0.25) is 14.3 Å². The highest BCUT2D eigenvalue weighted by molar-refractivity contribution is 5.95. The first-order valence-electron chi connectivity index (χ1n) is 7.97. The molecule has 1 aliphatic rings. The van der Waals surface area contributed by atoms with Crippen molar-refractivity contribution in [3.05, 3.63) is 48.8 Å². The van der Waals surface area contributed by atoms with Crippen LogP contribution in [0.25, 0.3) is 10.9 Å². The molecule has 0 spiro atoms. The summed E-state index contributed by atoms with van der Waals surface area (Å²) in [4.78, 5) is 29.3. The van der Waals surface area contributed by atoms with Crippen LogP contribution in [0.2, 0.25) is 0 Å². The smallest absolute Gasteiger partial charge is 0.323 e. The number of anilines is 1. The molecule has 1 aliphatic heterocycles. The molecule has 0 aliphatic carbocycles. The van der Waals surface area contributed by atoms with Crippen molar-refractivity contribution in [1.29, 1.82) is 0 Å². The molecule has 0 saturated carbocycles. The minimum absolute atomic E-state index is 0.0743. The Hall–Kier alpha value is -3.35. The third-order valence-corrected chi connectivity index (χ3v) is 4.23. The predicted octanol–water partition coefficient (Wildman–Crippen LogP) is 2.88. The van der Waals surface area contributed by atoms with Crippen molar-refractivity contribution < 1.29 is 14.3 Å². The van der Waals surface area contributed by atoms with Gasteiger partial charge >= 0.3 is 6.03 Å². The van der Waals surface area contributed by atoms with Gasteiger partial charge in [-0.05, 0) is 30.7 Å². The van der Waals surface area contributed by atoms with Crippen LogP contribution in [0, 0.1) is 0 Å². The van der Waals surface area contributed by atoms with E-state index in [1.165, 1.54) is 4.57 Å². The zero-order valence-corrected chi connectivity index (χ0v) is 13.4. The van der Waals surface area contributed by atoms with Crippen LogP contribution in [0.1, 0.15) is 12.8 Å². The highest BCUT2D eigenvalue weighted by atomic mass is 16.5. The Morgan fingerprint density at radius 1 is 1.24 bits per heavy atom. The molecule has 2 aromatic heterocycles. The van der Waals surface area contributed by atoms with E-state index in [-0.39, 0.29) is 5.91 Å². The number of carbonyl (C=O) groups is 2. The Bertz CT molecular complexity index is 979. The van der Waals surface area contributed by atoms with Gasteiger partial charge < -0.3 is 10.5 Å². The van der Waals surface area contributed by atoms with Gasteiger partial charge in [0, 0.05) is 36.8 Å². The van der Waals surface area contributed by atoms with Crippen LogP contribution in [-0.2, 0) is 4.79 Å². The number of fused-ring (bicyclic) bond motifs is 1. The number of carbonyl (C=O) groups excluding carboxylic acids is 2. The molecular weight excluding hydrogens is 320 g/mol. The number of amides is 2. The van der Waals surface area contributed by atoms with Gasteiger partial charge in [0.25, 0.3) is 0 Å². The first-order valence-corrected chi connectivity index (χ1v) is 7.97. The topological polar surface area (TPSA) is 90.4 Å². The van der Waals surface area contributed by atoms with Crippen LogP contribution in [-0.4, -0.2) is 28.0 Å². The molecule has 2 N–H and O–H groups in total. The van der Waals surface area contributed by atoms with Crippen molar-refractivity contribution in [2.45, 2.75) is 12.8 Å². The van der Waals surface area contributed by atoms with Crippen molar-refractivity contribution in [3.63, 3.8) is 0 Å². The molecule has 0 atom stereocenters. The minimum atomic E-state index is -0.550. The second-order valence-corrected chi connectivity index (χ2v) is 5.81. The van der Waals surface area contributed by atoms with Gasteiger partial charge in [-0.2, -0.15) is 0 Å². The summed E-state index contributed by atoms with van der Waals surface area (Å²) >= 11 is 0. The Balaban J connectivity index is 1.68. The summed E-state index contributed by atoms with van der Waals surface area (Å²) in [6, 6.07) is 10.1. The van der Waals surface area contributed by atoms with Gasteiger partial charge in [-0.25, -0.2) is 9.78 Å². The van der Waals surface area contributed by atoms with E-state index >= 15 is 0 Å². The quantitative estimate of drug-likeness (QED) is 0.796. The molecule has 0 bridgehead atoms. The van der Waals surface area contributed by atoms with E-state index in [9.17, 15) is 9.59 Å². The number of rotatable bonds is 3. The van der Waals surface area contributed by atoms with E-state index in [1.807, 2.05) is 6.07 Å². The van der Waals surface area contributed by atoms with E-state index in [2.05, 4.69) is 4.98 Å². The highest BCUT2D eigenvalue weighted by Crippen LogP contribution is 2.32. The fraction of sp³-hybridized carbons (Fsp3) is 0.167. The molecule has 1 aromatic carbocycles. The molecule has 3 aromatic rings. The molecule has 2 amide bonds. The molecule has 126 valence electrons. The summed E-state index contributed by atoms with van der Waals surface area (Å²) in [6.45, 7) is 0.673. The molecule has 1 fully saturated rings. The van der Waals surface area contributed by atoms with E-state index in [0.29, 0.717) is 35.8 Å². The summed E-state index contributed by atoms with van der Waals surface area (Å²) < 4.78 is 7.34. The number of hydrogen-bond acceptors (Lipinski definition) is 4. The summed E-state index contributed by atoms with van der Waals surface area (Å²) in [5, 5.41) is 0.775. The third kappa shape index (κ3) is 2.69. The number of pyridine rings is 1. The number of benzene rings is 1. The van der Waals surface area contributed by atoms with Crippen molar-refractivity contribution >= 4 is 28.7 Å². The largest absolute Gasteiger partial charge is 0.456 e. The first kappa shape index (κ1) is 15.2. The third-order valence-electron chi connectivity index (χ3n) is 4.23. The maximum absolute atomic E-state index is 11.9. The molecule has 7 nitrogen and oxygen atoms in total. The highest BCUT2D eigenvalue weighted by Gasteiger charge is 2.23. The number of primary amides is 1. The Kier molecular flexibility index (Phi) is 3.61. The lowest BCUT2D eigenvalue weighted by Gasteiger charge is -2.15. The molecule has 4 rings (SSSR count). The van der Waals surface area contributed by atoms with Gasteiger partial charge in [0.1, 0.15) is 17.3 Å². The van der Waals surface area contributed by atoms with Crippen LogP contribution in [0.3, 0.4) is 0 Å². The van der Waals surface area contributed by atoms with Crippen molar-refractivity contribution in [2.24, 2.45) is 5.73 Å². The van der Waals surface area contributed by atoms with Gasteiger partial charge in [0.2, 0.25) is 5.91 Å². The summed E-state index contributed by atoms with van der Waals surface area (Å²) in [7, 11) is 0. The van der Waals surface area contributed by atoms with E-state index in [1.54, 1.807) is 47.6 Å². The Labute approximate surface area is 143 Å². The van der Waals surface area contributed by atoms with Gasteiger partial charge in [-0.15, -0.1) is 0 Å². The van der Waals surface area contributed by atoms with Gasteiger partial charge in [-0.1, -0.05) is 6.07 Å². The maximum Gasteiger partial charge on any atom is 0.323 e. The van der Waals surface area contributed by atoms with E-state index < -0.39 is 6.03 Å². The molecule has 25 heavy (non-hydrogen) atoms. The van der Waals surface area contributed by atoms with Crippen molar-refractivity contribution in [3.8, 4) is 11.5 Å². The Morgan fingerprint density at radius 2 is 2.12 bits per heavy atom. The van der Waals surface area contributed by atoms with Crippen LogP contribution in [0.15, 0.2) is 48.8 Å². The number of nitrogens with two attached hydrogens (primary N) is 1. The van der Waals surface area contributed by atoms with Crippen LogP contribution in [0.4, 0.5) is 10.6 Å². The van der Waals surface area contributed by atoms with E-state index in [0.717, 1.165) is 11.8 Å². The minimum Gasteiger partial charge on any atom is -0.456 e. The lowest BCUT2D eigenvalue weighted by Crippen LogP contribution is -2.24. The monoisotopic (exact) mass is 336 g/mol. The zero-order valence-electron chi connectivity index (χ0n) is 13.4. The summed E-state index contributed by atoms with van der Waals surface area (Å²) in [5.74, 6) is 1.83. The standard InChI is InChI=1S/C18H16N4O3/c19-18(24)21-10-7-13-14(21)3-1-4-15(13)25-12-6-8-20-16(11-12)22-9-2-5-17(22)23/h1,3-4,6-8,10-11H,2,5,9H2,(H2,19,24). The normalized spacial score (nSPS) is 14.2. The van der Waals surface area contributed by atoms with Crippen LogP contribution >= 0.6 is 0 Å². The predicted molar refractivity (Wildman–Crippen MR) is 92.8 cm³/mol. The molecule has 3 heterocycles. The Morgan fingerprint density at radius 3 is 2.88 bits per heavy atom. The molecule has 0 radical (unpaired) electrons. The second-order valence-electron chi connectivity index (χ2n) is 5.81. The second kappa shape index (κ2) is 5.94. The van der Waals surface area contributed by atoms with E-state index in [4.69, 9.17) is 10.5 Å². The molecule has 1 saturated heterocycles. The average Bonchev–Trinajstić information content (AvgIpc) is 3.22. The first-order chi connectivity index (χ1) is 12.1. The fourth-order valence-electron chi connectivity index (χ4n) is 3.05. The zero-order chi connectivity index (χ0) is 17.4. The van der Waals surface area contributed by atoms with Crippen LogP contribution in [0.5, 0.6) is 11.5 Å². The lowest BCUT2D eigenvalue weighted by molar-refractivity contribution is -0.117. The molecule has 0 unspecified atom stereocenters. The SMILES string of the molecule is NC(=O)n1ccc2c(Oc3ccnc(N4CCCC4=O)c3)cccc21. The average molecular weight is 336 g/mol. The van der Waals surface area contributed by atoms with Gasteiger partial charge in [0.15, 0.2) is 0 Å². The number of nitrogens with zero attached hydrogens (tertiary/aromatic N) is 3. The number of ether oxygens (including phenoxy) is 1. The number of aromatic nitrogens is 2. The summed E-state index contributed by atoms with van der Waals surface area (Å²) in [5.41, 5.74) is 6.04. The summed E-state index contributed by atoms with van der Waals surface area (Å²) in [6.07, 6.45) is 4.62. The maximum atomic E-state index is 11.9. The molecule has 7 heteroatoms. The lowest BCUT2D eigenvalue weighted by atomic mass is 10.2.